The number of ether oxygens (including phenoxy) is 2. The van der Waals surface area contributed by atoms with Gasteiger partial charge in [0.05, 0.1) is 20.1 Å². The molecule has 1 saturated carbocycles. The number of carbonyl (C=O) groups is 2. The summed E-state index contributed by atoms with van der Waals surface area (Å²) in [6, 6.07) is 9.93. The Labute approximate surface area is 131 Å². The molecule has 0 bridgehead atoms. The van der Waals surface area contributed by atoms with Gasteiger partial charge in [-0.1, -0.05) is 35.9 Å². The van der Waals surface area contributed by atoms with Crippen LogP contribution >= 0.6 is 0 Å². The average Bonchev–Trinajstić information content (AvgIpc) is 3.04. The molecule has 22 heavy (non-hydrogen) atoms. The normalized spacial score (nSPS) is 19.6. The van der Waals surface area contributed by atoms with Crippen LogP contribution in [0.3, 0.4) is 0 Å². The number of benzene rings is 1. The lowest BCUT2D eigenvalue weighted by Gasteiger charge is -2.16. The molecule has 0 aromatic heterocycles. The molecule has 118 valence electrons. The van der Waals surface area contributed by atoms with Gasteiger partial charge in [0.2, 0.25) is 0 Å². The Hall–Kier alpha value is -2.10. The van der Waals surface area contributed by atoms with E-state index in [1.165, 1.54) is 14.2 Å². The fraction of sp³-hybridized carbons (Fsp3) is 0.444. The number of methoxy groups -OCH3 is 2. The van der Waals surface area contributed by atoms with Crippen LogP contribution in [0.2, 0.25) is 0 Å². The first-order chi connectivity index (χ1) is 10.7. The Kier molecular flexibility index (Phi) is 5.75. The predicted molar refractivity (Wildman–Crippen MR) is 84.0 cm³/mol. The first-order valence-corrected chi connectivity index (χ1v) is 7.59. The summed E-state index contributed by atoms with van der Waals surface area (Å²) in [4.78, 5) is 23.5. The van der Waals surface area contributed by atoms with Gasteiger partial charge >= 0.3 is 11.9 Å². The Balaban J connectivity index is 2.36. The lowest BCUT2D eigenvalue weighted by Crippen LogP contribution is -2.15. The molecule has 2 rings (SSSR count). The van der Waals surface area contributed by atoms with Crippen molar-refractivity contribution in [2.24, 2.45) is 5.92 Å². The molecule has 1 aliphatic rings. The van der Waals surface area contributed by atoms with Crippen LogP contribution in [-0.2, 0) is 19.1 Å². The van der Waals surface area contributed by atoms with Gasteiger partial charge in [-0.25, -0.2) is 0 Å². The summed E-state index contributed by atoms with van der Waals surface area (Å²) in [7, 11) is 2.82. The Bertz CT molecular complexity index is 560. The van der Waals surface area contributed by atoms with Crippen molar-refractivity contribution in [2.75, 3.05) is 14.2 Å². The summed E-state index contributed by atoms with van der Waals surface area (Å²) in [6.45, 7) is 0. The van der Waals surface area contributed by atoms with Crippen molar-refractivity contribution in [1.82, 2.24) is 0 Å². The van der Waals surface area contributed by atoms with Gasteiger partial charge in [0, 0.05) is 6.42 Å². The first-order valence-electron chi connectivity index (χ1n) is 7.59. The molecule has 0 heterocycles. The SMILES string of the molecule is COC(=O)CC/C(=C1\CCCC1C(=O)OC)c1ccccc1. The van der Waals surface area contributed by atoms with Crippen molar-refractivity contribution in [2.45, 2.75) is 32.1 Å². The molecule has 4 heteroatoms. The summed E-state index contributed by atoms with van der Waals surface area (Å²) in [5.74, 6) is -0.599. The lowest BCUT2D eigenvalue weighted by molar-refractivity contribution is -0.144. The summed E-state index contributed by atoms with van der Waals surface area (Å²) in [6.07, 6.45) is 3.57. The number of esters is 2. The van der Waals surface area contributed by atoms with Gasteiger partial charge in [-0.3, -0.25) is 9.59 Å². The number of rotatable bonds is 5. The molecular weight excluding hydrogens is 280 g/mol. The van der Waals surface area contributed by atoms with Crippen molar-refractivity contribution in [3.8, 4) is 0 Å². The molecule has 0 saturated heterocycles. The highest BCUT2D eigenvalue weighted by Gasteiger charge is 2.31. The zero-order valence-electron chi connectivity index (χ0n) is 13.1. The molecule has 1 aliphatic carbocycles. The van der Waals surface area contributed by atoms with Crippen molar-refractivity contribution in [3.05, 3.63) is 41.5 Å². The smallest absolute Gasteiger partial charge is 0.312 e. The van der Waals surface area contributed by atoms with E-state index in [1.54, 1.807) is 0 Å². The molecule has 0 N–H and O–H groups in total. The highest BCUT2D eigenvalue weighted by Crippen LogP contribution is 2.39. The molecule has 1 atom stereocenters. The van der Waals surface area contributed by atoms with Crippen LogP contribution in [0.25, 0.3) is 5.57 Å². The van der Waals surface area contributed by atoms with Crippen LogP contribution in [0.1, 0.15) is 37.7 Å². The molecule has 0 aliphatic heterocycles. The van der Waals surface area contributed by atoms with Gasteiger partial charge in [0.1, 0.15) is 0 Å². The van der Waals surface area contributed by atoms with Gasteiger partial charge in [-0.15, -0.1) is 0 Å². The predicted octanol–water partition coefficient (Wildman–Crippen LogP) is 3.37. The summed E-state index contributed by atoms with van der Waals surface area (Å²) >= 11 is 0. The molecule has 4 nitrogen and oxygen atoms in total. The number of hydrogen-bond donors (Lipinski definition) is 0. The molecule has 0 spiro atoms. The zero-order valence-corrected chi connectivity index (χ0v) is 13.1. The highest BCUT2D eigenvalue weighted by molar-refractivity contribution is 5.83. The maximum absolute atomic E-state index is 12.0. The fourth-order valence-electron chi connectivity index (χ4n) is 3.07. The van der Waals surface area contributed by atoms with Gasteiger partial charge in [0.15, 0.2) is 0 Å². The highest BCUT2D eigenvalue weighted by atomic mass is 16.5. The second kappa shape index (κ2) is 7.78. The largest absolute Gasteiger partial charge is 0.469 e. The second-order valence-electron chi connectivity index (χ2n) is 5.41. The first kappa shape index (κ1) is 16.3. The van der Waals surface area contributed by atoms with Crippen LogP contribution < -0.4 is 0 Å². The molecule has 1 aromatic carbocycles. The average molecular weight is 302 g/mol. The zero-order chi connectivity index (χ0) is 15.9. The summed E-state index contributed by atoms with van der Waals surface area (Å²) in [5.41, 5.74) is 3.26. The third-order valence-electron chi connectivity index (χ3n) is 4.16. The van der Waals surface area contributed by atoms with Crippen LogP contribution in [0, 0.1) is 5.92 Å². The van der Waals surface area contributed by atoms with Crippen LogP contribution in [0.15, 0.2) is 35.9 Å². The Morgan fingerprint density at radius 3 is 2.45 bits per heavy atom. The van der Waals surface area contributed by atoms with Gasteiger partial charge in [-0.2, -0.15) is 0 Å². The molecule has 1 fully saturated rings. The van der Waals surface area contributed by atoms with E-state index in [0.717, 1.165) is 36.0 Å². The van der Waals surface area contributed by atoms with E-state index in [4.69, 9.17) is 9.47 Å². The number of hydrogen-bond acceptors (Lipinski definition) is 4. The molecule has 0 radical (unpaired) electrons. The van der Waals surface area contributed by atoms with E-state index < -0.39 is 0 Å². The van der Waals surface area contributed by atoms with E-state index in [-0.39, 0.29) is 17.9 Å². The maximum atomic E-state index is 12.0. The van der Waals surface area contributed by atoms with E-state index in [0.29, 0.717) is 12.8 Å². The van der Waals surface area contributed by atoms with E-state index in [9.17, 15) is 9.59 Å². The molecule has 1 unspecified atom stereocenters. The fourth-order valence-corrected chi connectivity index (χ4v) is 3.07. The standard InChI is InChI=1S/C18H22O4/c1-21-17(19)12-11-14(13-7-4-3-5-8-13)15-9-6-10-16(15)18(20)22-2/h3-5,7-8,16H,6,9-12H2,1-2H3/b15-14-. The van der Waals surface area contributed by atoms with Crippen LogP contribution in [0.4, 0.5) is 0 Å². The topological polar surface area (TPSA) is 52.6 Å². The minimum atomic E-state index is -0.235. The van der Waals surface area contributed by atoms with E-state index in [2.05, 4.69) is 0 Å². The minimum absolute atomic E-state index is 0.181. The van der Waals surface area contributed by atoms with E-state index in [1.807, 2.05) is 30.3 Å². The van der Waals surface area contributed by atoms with Crippen molar-refractivity contribution >= 4 is 17.5 Å². The maximum Gasteiger partial charge on any atom is 0.312 e. The van der Waals surface area contributed by atoms with Crippen molar-refractivity contribution in [3.63, 3.8) is 0 Å². The van der Waals surface area contributed by atoms with Crippen LogP contribution in [0.5, 0.6) is 0 Å². The summed E-state index contributed by atoms with van der Waals surface area (Å²) < 4.78 is 9.67. The number of carbonyl (C=O) groups excluding carboxylic acids is 2. The second-order valence-corrected chi connectivity index (χ2v) is 5.41. The molecule has 0 amide bonds. The Morgan fingerprint density at radius 1 is 1.09 bits per heavy atom. The third-order valence-corrected chi connectivity index (χ3v) is 4.16. The van der Waals surface area contributed by atoms with Gasteiger partial charge in [-0.05, 0) is 36.8 Å². The van der Waals surface area contributed by atoms with Crippen LogP contribution in [-0.4, -0.2) is 26.2 Å². The molecule has 1 aromatic rings. The quantitative estimate of drug-likeness (QED) is 0.783. The van der Waals surface area contributed by atoms with Gasteiger partial charge < -0.3 is 9.47 Å². The Morgan fingerprint density at radius 2 is 1.82 bits per heavy atom. The number of allylic oxidation sites excluding steroid dienone is 1. The lowest BCUT2D eigenvalue weighted by atomic mass is 9.90. The monoisotopic (exact) mass is 302 g/mol. The van der Waals surface area contributed by atoms with Crippen molar-refractivity contribution in [1.29, 1.82) is 0 Å². The van der Waals surface area contributed by atoms with Gasteiger partial charge in [0.25, 0.3) is 0 Å². The summed E-state index contributed by atoms with van der Waals surface area (Å²) in [5, 5.41) is 0. The minimum Gasteiger partial charge on any atom is -0.469 e. The molecular formula is C18H22O4. The third kappa shape index (κ3) is 3.75. The van der Waals surface area contributed by atoms with Crippen molar-refractivity contribution < 1.29 is 19.1 Å². The van der Waals surface area contributed by atoms with E-state index >= 15 is 0 Å².